The van der Waals surface area contributed by atoms with Gasteiger partial charge in [0, 0.05) is 32.0 Å². The number of anilines is 1. The van der Waals surface area contributed by atoms with E-state index in [0.29, 0.717) is 22.9 Å². The van der Waals surface area contributed by atoms with Crippen molar-refractivity contribution in [2.75, 3.05) is 18.0 Å². The minimum Gasteiger partial charge on any atom is -0.342 e. The summed E-state index contributed by atoms with van der Waals surface area (Å²) in [6, 6.07) is 0. The third-order valence-electron chi connectivity index (χ3n) is 5.79. The Labute approximate surface area is 162 Å². The van der Waals surface area contributed by atoms with Gasteiger partial charge in [-0.3, -0.25) is 9.78 Å². The lowest BCUT2D eigenvalue weighted by atomic mass is 9.97. The number of fused-ring (bicyclic) bond motifs is 2. The largest absolute Gasteiger partial charge is 0.342 e. The van der Waals surface area contributed by atoms with E-state index in [1.165, 1.54) is 0 Å². The maximum atomic E-state index is 12.6. The molecule has 0 amide bonds. The van der Waals surface area contributed by atoms with Gasteiger partial charge in [0.2, 0.25) is 5.95 Å². The molecule has 0 saturated carbocycles. The Morgan fingerprint density at radius 3 is 2.86 bits per heavy atom. The summed E-state index contributed by atoms with van der Waals surface area (Å²) >= 11 is 0. The zero-order valence-corrected chi connectivity index (χ0v) is 16.6. The number of aryl methyl sites for hydroxylation is 1. The van der Waals surface area contributed by atoms with E-state index in [2.05, 4.69) is 50.5 Å². The van der Waals surface area contributed by atoms with Crippen molar-refractivity contribution in [2.24, 2.45) is 0 Å². The number of aromatic amines is 1. The summed E-state index contributed by atoms with van der Waals surface area (Å²) in [7, 11) is 0. The number of aromatic nitrogens is 7. The number of H-pyrrole nitrogens is 1. The molecule has 2 aliphatic heterocycles. The molecular formula is C19H26N8O. The SMILES string of the molecule is CC(C)(C)n1ncc2c(=O)[nH]c(N3CCCC(c4nnc5n4CCC5)C3)nc21. The Morgan fingerprint density at radius 2 is 2.04 bits per heavy atom. The van der Waals surface area contributed by atoms with Crippen molar-refractivity contribution in [3.63, 3.8) is 0 Å². The Hall–Kier alpha value is -2.71. The molecule has 28 heavy (non-hydrogen) atoms. The highest BCUT2D eigenvalue weighted by molar-refractivity contribution is 5.74. The van der Waals surface area contributed by atoms with E-state index in [1.807, 2.05) is 4.68 Å². The molecule has 2 aliphatic rings. The summed E-state index contributed by atoms with van der Waals surface area (Å²) in [4.78, 5) is 22.6. The zero-order chi connectivity index (χ0) is 19.5. The summed E-state index contributed by atoms with van der Waals surface area (Å²) in [6.45, 7) is 8.85. The minimum atomic E-state index is -0.244. The van der Waals surface area contributed by atoms with Crippen molar-refractivity contribution in [2.45, 2.75) is 64.5 Å². The number of hydrogen-bond acceptors (Lipinski definition) is 6. The fourth-order valence-corrected chi connectivity index (χ4v) is 4.40. The summed E-state index contributed by atoms with van der Waals surface area (Å²) < 4.78 is 4.11. The van der Waals surface area contributed by atoms with Gasteiger partial charge in [-0.15, -0.1) is 10.2 Å². The highest BCUT2D eigenvalue weighted by atomic mass is 16.1. The van der Waals surface area contributed by atoms with E-state index in [9.17, 15) is 4.79 Å². The molecule has 9 heteroatoms. The third-order valence-corrected chi connectivity index (χ3v) is 5.79. The molecule has 9 nitrogen and oxygen atoms in total. The first-order chi connectivity index (χ1) is 13.4. The van der Waals surface area contributed by atoms with Crippen LogP contribution in [0.15, 0.2) is 11.0 Å². The lowest BCUT2D eigenvalue weighted by Gasteiger charge is -2.32. The molecule has 1 unspecified atom stereocenters. The molecular weight excluding hydrogens is 356 g/mol. The molecule has 0 radical (unpaired) electrons. The fraction of sp³-hybridized carbons (Fsp3) is 0.632. The standard InChI is InChI=1S/C19H26N8O/c1-19(2,3)27-16-13(10-20-27)17(28)22-18(21-16)25-8-4-6-12(11-25)15-24-23-14-7-5-9-26(14)15/h10,12H,4-9,11H2,1-3H3,(H,21,22,28). The van der Waals surface area contributed by atoms with Gasteiger partial charge in [0.1, 0.15) is 17.0 Å². The number of nitrogens with zero attached hydrogens (tertiary/aromatic N) is 7. The van der Waals surface area contributed by atoms with E-state index in [4.69, 9.17) is 4.98 Å². The number of rotatable bonds is 2. The quantitative estimate of drug-likeness (QED) is 0.726. The van der Waals surface area contributed by atoms with Gasteiger partial charge >= 0.3 is 0 Å². The van der Waals surface area contributed by atoms with Crippen LogP contribution in [0.3, 0.4) is 0 Å². The average Bonchev–Trinajstić information content (AvgIpc) is 3.36. The highest BCUT2D eigenvalue weighted by Gasteiger charge is 2.30. The minimum absolute atomic E-state index is 0.138. The van der Waals surface area contributed by atoms with Gasteiger partial charge in [0.05, 0.1) is 11.7 Å². The van der Waals surface area contributed by atoms with Crippen LogP contribution < -0.4 is 10.5 Å². The van der Waals surface area contributed by atoms with Crippen molar-refractivity contribution in [1.29, 1.82) is 0 Å². The molecule has 3 aromatic heterocycles. The summed E-state index contributed by atoms with van der Waals surface area (Å²) in [6.07, 6.45) is 5.89. The van der Waals surface area contributed by atoms with Gasteiger partial charge in [-0.05, 0) is 40.0 Å². The van der Waals surface area contributed by atoms with Gasteiger partial charge in [-0.25, -0.2) is 4.68 Å². The number of hydrogen-bond donors (Lipinski definition) is 1. The second-order valence-electron chi connectivity index (χ2n) is 8.87. The van der Waals surface area contributed by atoms with E-state index in [-0.39, 0.29) is 11.1 Å². The van der Waals surface area contributed by atoms with Crippen LogP contribution in [0.25, 0.3) is 11.0 Å². The predicted octanol–water partition coefficient (Wildman–Crippen LogP) is 1.80. The van der Waals surface area contributed by atoms with Crippen LogP contribution in [0.1, 0.15) is 57.6 Å². The van der Waals surface area contributed by atoms with E-state index in [1.54, 1.807) is 6.20 Å². The molecule has 1 saturated heterocycles. The Morgan fingerprint density at radius 1 is 1.18 bits per heavy atom. The van der Waals surface area contributed by atoms with Gasteiger partial charge in [-0.2, -0.15) is 10.1 Å². The Bertz CT molecular complexity index is 1090. The first kappa shape index (κ1) is 17.4. The molecule has 1 atom stereocenters. The van der Waals surface area contributed by atoms with Crippen molar-refractivity contribution in [3.05, 3.63) is 28.2 Å². The van der Waals surface area contributed by atoms with Crippen molar-refractivity contribution in [3.8, 4) is 0 Å². The molecule has 148 valence electrons. The first-order valence-corrected chi connectivity index (χ1v) is 10.1. The zero-order valence-electron chi connectivity index (χ0n) is 16.6. The molecule has 5 rings (SSSR count). The summed E-state index contributed by atoms with van der Waals surface area (Å²) in [5.74, 6) is 3.12. The van der Waals surface area contributed by atoms with E-state index >= 15 is 0 Å². The molecule has 5 heterocycles. The van der Waals surface area contributed by atoms with Crippen LogP contribution in [0.2, 0.25) is 0 Å². The van der Waals surface area contributed by atoms with Crippen LogP contribution in [0, 0.1) is 0 Å². The highest BCUT2D eigenvalue weighted by Crippen LogP contribution is 2.30. The molecule has 3 aromatic rings. The Balaban J connectivity index is 1.50. The topological polar surface area (TPSA) is 97.5 Å². The monoisotopic (exact) mass is 382 g/mol. The smallest absolute Gasteiger partial charge is 0.263 e. The van der Waals surface area contributed by atoms with Crippen LogP contribution in [0.5, 0.6) is 0 Å². The fourth-order valence-electron chi connectivity index (χ4n) is 4.40. The summed E-state index contributed by atoms with van der Waals surface area (Å²) in [5, 5.41) is 13.8. The van der Waals surface area contributed by atoms with Crippen molar-refractivity contribution in [1.82, 2.24) is 34.5 Å². The van der Waals surface area contributed by atoms with Crippen LogP contribution in [-0.2, 0) is 18.5 Å². The molecule has 0 aromatic carbocycles. The number of nitrogens with one attached hydrogen (secondary N) is 1. The second kappa shape index (κ2) is 6.15. The van der Waals surface area contributed by atoms with Crippen LogP contribution >= 0.6 is 0 Å². The van der Waals surface area contributed by atoms with E-state index in [0.717, 1.165) is 57.0 Å². The molecule has 1 fully saturated rings. The van der Waals surface area contributed by atoms with Crippen LogP contribution in [0.4, 0.5) is 5.95 Å². The normalized spacial score (nSPS) is 20.1. The maximum Gasteiger partial charge on any atom is 0.263 e. The molecule has 0 spiro atoms. The number of piperidine rings is 1. The van der Waals surface area contributed by atoms with E-state index < -0.39 is 0 Å². The van der Waals surface area contributed by atoms with Crippen LogP contribution in [-0.4, -0.2) is 47.6 Å². The Kier molecular flexibility index (Phi) is 3.82. The lowest BCUT2D eigenvalue weighted by molar-refractivity contribution is 0.365. The lowest BCUT2D eigenvalue weighted by Crippen LogP contribution is -2.37. The summed E-state index contributed by atoms with van der Waals surface area (Å²) in [5.41, 5.74) is 0.254. The van der Waals surface area contributed by atoms with Gasteiger partial charge < -0.3 is 9.47 Å². The van der Waals surface area contributed by atoms with Gasteiger partial charge in [0.15, 0.2) is 5.65 Å². The molecule has 1 N–H and O–H groups in total. The molecule has 0 aliphatic carbocycles. The van der Waals surface area contributed by atoms with Crippen molar-refractivity contribution >= 4 is 17.0 Å². The first-order valence-electron chi connectivity index (χ1n) is 10.1. The van der Waals surface area contributed by atoms with Gasteiger partial charge in [0.25, 0.3) is 5.56 Å². The second-order valence-corrected chi connectivity index (χ2v) is 8.87. The van der Waals surface area contributed by atoms with Crippen molar-refractivity contribution < 1.29 is 0 Å². The van der Waals surface area contributed by atoms with Gasteiger partial charge in [-0.1, -0.05) is 0 Å². The molecule has 0 bridgehead atoms. The predicted molar refractivity (Wildman–Crippen MR) is 106 cm³/mol. The third kappa shape index (κ3) is 2.71. The average molecular weight is 382 g/mol. The maximum absolute atomic E-state index is 12.6.